The predicted molar refractivity (Wildman–Crippen MR) is 79.6 cm³/mol. The van der Waals surface area contributed by atoms with Crippen LogP contribution >= 0.6 is 0 Å². The van der Waals surface area contributed by atoms with Gasteiger partial charge in [0.05, 0.1) is 0 Å². The number of carbonyl (C=O) groups is 1. The topological polar surface area (TPSA) is 45.2 Å². The Morgan fingerprint density at radius 3 is 2.80 bits per heavy atom. The minimum absolute atomic E-state index is 0.264. The molecule has 108 valence electrons. The van der Waals surface area contributed by atoms with Crippen LogP contribution in [0.1, 0.15) is 38.5 Å². The fourth-order valence-electron chi connectivity index (χ4n) is 3.35. The number of hydrogen-bond acceptors (Lipinski definition) is 3. The Labute approximate surface area is 120 Å². The zero-order chi connectivity index (χ0) is 13.8. The molecule has 4 heteroatoms. The van der Waals surface area contributed by atoms with Crippen LogP contribution in [0.15, 0.2) is 24.4 Å². The molecule has 2 aliphatic rings. The largest absolute Gasteiger partial charge is 0.355 e. The molecule has 1 saturated heterocycles. The number of piperidine rings is 1. The van der Waals surface area contributed by atoms with Crippen molar-refractivity contribution < 1.29 is 4.79 Å². The molecular formula is C16H23N3O. The second kappa shape index (κ2) is 6.25. The molecule has 0 radical (unpaired) electrons. The van der Waals surface area contributed by atoms with Crippen LogP contribution in [0.25, 0.3) is 0 Å². The van der Waals surface area contributed by atoms with Gasteiger partial charge in [0.25, 0.3) is 0 Å². The summed E-state index contributed by atoms with van der Waals surface area (Å²) in [5.41, 5.74) is 0. The van der Waals surface area contributed by atoms with E-state index in [9.17, 15) is 4.79 Å². The lowest BCUT2D eigenvalue weighted by atomic mass is 10.0. The van der Waals surface area contributed by atoms with Crippen LogP contribution in [0.2, 0.25) is 0 Å². The Balaban J connectivity index is 1.56. The molecule has 1 saturated carbocycles. The highest BCUT2D eigenvalue weighted by molar-refractivity contribution is 5.79. The van der Waals surface area contributed by atoms with Gasteiger partial charge in [-0.1, -0.05) is 18.9 Å². The van der Waals surface area contributed by atoms with Gasteiger partial charge in [0.2, 0.25) is 5.91 Å². The first-order valence-electron chi connectivity index (χ1n) is 7.79. The number of pyridine rings is 1. The summed E-state index contributed by atoms with van der Waals surface area (Å²) >= 11 is 0. The first-order chi connectivity index (χ1) is 9.83. The minimum atomic E-state index is 0.264. The zero-order valence-corrected chi connectivity index (χ0v) is 11.9. The summed E-state index contributed by atoms with van der Waals surface area (Å²) in [5.74, 6) is 1.56. The summed E-state index contributed by atoms with van der Waals surface area (Å²) in [5, 5.41) is 3.25. The van der Waals surface area contributed by atoms with E-state index in [0.717, 1.165) is 44.6 Å². The number of aromatic nitrogens is 1. The van der Waals surface area contributed by atoms with E-state index in [1.807, 2.05) is 24.4 Å². The molecule has 1 aromatic heterocycles. The summed E-state index contributed by atoms with van der Waals surface area (Å²) in [7, 11) is 0. The molecule has 1 N–H and O–H groups in total. The number of rotatable bonds is 3. The van der Waals surface area contributed by atoms with Gasteiger partial charge < -0.3 is 10.2 Å². The molecule has 4 nitrogen and oxygen atoms in total. The zero-order valence-electron chi connectivity index (χ0n) is 11.9. The van der Waals surface area contributed by atoms with E-state index in [2.05, 4.69) is 15.2 Å². The van der Waals surface area contributed by atoms with E-state index in [-0.39, 0.29) is 17.9 Å². The molecular weight excluding hydrogens is 250 g/mol. The van der Waals surface area contributed by atoms with Gasteiger partial charge in [-0.05, 0) is 37.8 Å². The van der Waals surface area contributed by atoms with Crippen molar-refractivity contribution in [3.63, 3.8) is 0 Å². The van der Waals surface area contributed by atoms with Gasteiger partial charge in [-0.2, -0.15) is 0 Å². The molecule has 0 bridgehead atoms. The molecule has 0 spiro atoms. The number of anilines is 1. The van der Waals surface area contributed by atoms with Gasteiger partial charge in [-0.25, -0.2) is 4.98 Å². The number of nitrogens with one attached hydrogen (secondary N) is 1. The van der Waals surface area contributed by atoms with Crippen LogP contribution in [0.3, 0.4) is 0 Å². The number of hydrogen-bond donors (Lipinski definition) is 1. The summed E-state index contributed by atoms with van der Waals surface area (Å²) in [6, 6.07) is 6.27. The molecule has 2 heterocycles. The maximum Gasteiger partial charge on any atom is 0.223 e. The Morgan fingerprint density at radius 2 is 2.05 bits per heavy atom. The molecule has 2 fully saturated rings. The van der Waals surface area contributed by atoms with Crippen LogP contribution in [0.5, 0.6) is 0 Å². The first kappa shape index (κ1) is 13.4. The quantitative estimate of drug-likeness (QED) is 0.919. The monoisotopic (exact) mass is 273 g/mol. The molecule has 20 heavy (non-hydrogen) atoms. The molecule has 1 aromatic rings. The van der Waals surface area contributed by atoms with Gasteiger partial charge >= 0.3 is 0 Å². The van der Waals surface area contributed by atoms with E-state index >= 15 is 0 Å². The Hall–Kier alpha value is -1.58. The second-order valence-corrected chi connectivity index (χ2v) is 5.96. The lowest BCUT2D eigenvalue weighted by Crippen LogP contribution is -2.49. The maximum atomic E-state index is 12.2. The SMILES string of the molecule is O=C(N[C@@H]1CCCN(c2ccccn2)C1)C1CCCC1. The Kier molecular flexibility index (Phi) is 4.19. The summed E-state index contributed by atoms with van der Waals surface area (Å²) < 4.78 is 0. The highest BCUT2D eigenvalue weighted by Crippen LogP contribution is 2.25. The van der Waals surface area contributed by atoms with E-state index in [0.29, 0.717) is 0 Å². The number of nitrogens with zero attached hydrogens (tertiary/aromatic N) is 2. The van der Waals surface area contributed by atoms with Crippen molar-refractivity contribution in [1.82, 2.24) is 10.3 Å². The van der Waals surface area contributed by atoms with Gasteiger partial charge in [0.15, 0.2) is 0 Å². The van der Waals surface area contributed by atoms with E-state index < -0.39 is 0 Å². The third kappa shape index (κ3) is 3.11. The van der Waals surface area contributed by atoms with Crippen molar-refractivity contribution in [3.05, 3.63) is 24.4 Å². The average Bonchev–Trinajstić information content (AvgIpc) is 3.03. The summed E-state index contributed by atoms with van der Waals surface area (Å²) in [6.07, 6.45) is 8.60. The predicted octanol–water partition coefficient (Wildman–Crippen LogP) is 2.36. The van der Waals surface area contributed by atoms with E-state index in [1.54, 1.807) is 0 Å². The molecule has 1 aliphatic carbocycles. The van der Waals surface area contributed by atoms with Gasteiger partial charge in [-0.3, -0.25) is 4.79 Å². The van der Waals surface area contributed by atoms with Crippen molar-refractivity contribution in [2.75, 3.05) is 18.0 Å². The smallest absolute Gasteiger partial charge is 0.223 e. The van der Waals surface area contributed by atoms with Crippen LogP contribution in [-0.2, 0) is 4.79 Å². The maximum absolute atomic E-state index is 12.2. The van der Waals surface area contributed by atoms with E-state index in [4.69, 9.17) is 0 Å². The second-order valence-electron chi connectivity index (χ2n) is 5.96. The highest BCUT2D eigenvalue weighted by Gasteiger charge is 2.27. The fraction of sp³-hybridized carbons (Fsp3) is 0.625. The van der Waals surface area contributed by atoms with Crippen molar-refractivity contribution in [3.8, 4) is 0 Å². The summed E-state index contributed by atoms with van der Waals surface area (Å²) in [6.45, 7) is 1.92. The first-order valence-corrected chi connectivity index (χ1v) is 7.79. The highest BCUT2D eigenvalue weighted by atomic mass is 16.1. The van der Waals surface area contributed by atoms with Crippen LogP contribution in [-0.4, -0.2) is 30.0 Å². The number of carbonyl (C=O) groups excluding carboxylic acids is 1. The molecule has 0 aromatic carbocycles. The molecule has 1 atom stereocenters. The molecule has 1 amide bonds. The fourth-order valence-corrected chi connectivity index (χ4v) is 3.35. The lowest BCUT2D eigenvalue weighted by Gasteiger charge is -2.34. The third-order valence-corrected chi connectivity index (χ3v) is 4.47. The van der Waals surface area contributed by atoms with Crippen molar-refractivity contribution >= 4 is 11.7 Å². The molecule has 0 unspecified atom stereocenters. The molecule has 3 rings (SSSR count). The van der Waals surface area contributed by atoms with Crippen LogP contribution < -0.4 is 10.2 Å². The Morgan fingerprint density at radius 1 is 1.20 bits per heavy atom. The lowest BCUT2D eigenvalue weighted by molar-refractivity contribution is -0.125. The standard InChI is InChI=1S/C16H23N3O/c20-16(13-6-1-2-7-13)18-14-8-5-11-19(12-14)15-9-3-4-10-17-15/h3-4,9-10,13-14H,1-2,5-8,11-12H2,(H,18,20)/t14-/m1/s1. The van der Waals surface area contributed by atoms with E-state index in [1.165, 1.54) is 12.8 Å². The van der Waals surface area contributed by atoms with Crippen LogP contribution in [0, 0.1) is 5.92 Å². The molecule has 1 aliphatic heterocycles. The number of amides is 1. The van der Waals surface area contributed by atoms with Gasteiger partial charge in [0, 0.05) is 31.2 Å². The third-order valence-electron chi connectivity index (χ3n) is 4.47. The Bertz CT molecular complexity index is 442. The summed E-state index contributed by atoms with van der Waals surface area (Å²) in [4.78, 5) is 18.9. The minimum Gasteiger partial charge on any atom is -0.355 e. The normalized spacial score (nSPS) is 23.8. The van der Waals surface area contributed by atoms with Gasteiger partial charge in [-0.15, -0.1) is 0 Å². The van der Waals surface area contributed by atoms with Crippen molar-refractivity contribution in [2.45, 2.75) is 44.6 Å². The average molecular weight is 273 g/mol. The van der Waals surface area contributed by atoms with Crippen LogP contribution in [0.4, 0.5) is 5.82 Å². The van der Waals surface area contributed by atoms with Crippen molar-refractivity contribution in [2.24, 2.45) is 5.92 Å². The van der Waals surface area contributed by atoms with Crippen molar-refractivity contribution in [1.29, 1.82) is 0 Å². The van der Waals surface area contributed by atoms with Gasteiger partial charge in [0.1, 0.15) is 5.82 Å².